The lowest BCUT2D eigenvalue weighted by Crippen LogP contribution is -2.39. The van der Waals surface area contributed by atoms with E-state index >= 15 is 0 Å². The smallest absolute Gasteiger partial charge is 0.256 e. The number of amides is 1. The van der Waals surface area contributed by atoms with Crippen LogP contribution in [0.15, 0.2) is 72.8 Å². The number of anilines is 3. The maximum absolute atomic E-state index is 14.4. The minimum Gasteiger partial charge on any atom is -0.382 e. The highest BCUT2D eigenvalue weighted by Gasteiger charge is 2.23. The minimum absolute atomic E-state index is 0.0304. The van der Waals surface area contributed by atoms with Crippen molar-refractivity contribution in [2.24, 2.45) is 0 Å². The first kappa shape index (κ1) is 22.1. The Hall–Kier alpha value is -4.37. The van der Waals surface area contributed by atoms with Gasteiger partial charge in [0.1, 0.15) is 5.82 Å². The highest BCUT2D eigenvalue weighted by molar-refractivity contribution is 6.24. The van der Waals surface area contributed by atoms with E-state index in [-0.39, 0.29) is 11.7 Å². The van der Waals surface area contributed by atoms with Crippen molar-refractivity contribution in [3.63, 3.8) is 0 Å². The summed E-state index contributed by atoms with van der Waals surface area (Å²) in [5.74, 6) is -0.356. The van der Waals surface area contributed by atoms with Crippen molar-refractivity contribution in [1.29, 1.82) is 0 Å². The quantitative estimate of drug-likeness (QED) is 0.313. The molecule has 2 aliphatic rings. The van der Waals surface area contributed by atoms with Gasteiger partial charge in [0.15, 0.2) is 5.69 Å². The van der Waals surface area contributed by atoms with Gasteiger partial charge >= 0.3 is 0 Å². The van der Waals surface area contributed by atoms with E-state index in [0.717, 1.165) is 60.1 Å². The third-order valence-corrected chi connectivity index (χ3v) is 7.24. The molecule has 6 heteroatoms. The number of hydrogen-bond donors (Lipinski definition) is 2. The summed E-state index contributed by atoms with van der Waals surface area (Å²) in [6.45, 7) is 8.58. The lowest BCUT2D eigenvalue weighted by Gasteiger charge is -2.34. The topological polar surface area (TPSA) is 48.7 Å². The molecule has 36 heavy (non-hydrogen) atoms. The van der Waals surface area contributed by atoms with Crippen molar-refractivity contribution >= 4 is 39.4 Å². The molecular formula is C30H25FN4O. The third kappa shape index (κ3) is 4.03. The Morgan fingerprint density at radius 2 is 1.83 bits per heavy atom. The SMILES string of the molecule is [C-]#[N+]c1ccc(N2CCC(Nc3ccc(Cc4ccc5c6c(cccc46)C(=O)N5)cc3)CC2)c(F)c1. The normalized spacial score (nSPS) is 15.1. The van der Waals surface area contributed by atoms with Gasteiger partial charge in [0, 0.05) is 41.5 Å². The number of nitrogens with zero attached hydrogens (tertiary/aromatic N) is 2. The van der Waals surface area contributed by atoms with E-state index < -0.39 is 0 Å². The van der Waals surface area contributed by atoms with Crippen LogP contribution in [0.5, 0.6) is 0 Å². The van der Waals surface area contributed by atoms with Crippen LogP contribution in [-0.4, -0.2) is 25.0 Å². The maximum atomic E-state index is 14.4. The van der Waals surface area contributed by atoms with E-state index in [9.17, 15) is 9.18 Å². The molecule has 0 saturated carbocycles. The average molecular weight is 477 g/mol. The lowest BCUT2D eigenvalue weighted by molar-refractivity contribution is 0.103. The van der Waals surface area contributed by atoms with Crippen LogP contribution in [-0.2, 0) is 6.42 Å². The molecule has 4 aromatic rings. The summed E-state index contributed by atoms with van der Waals surface area (Å²) in [6, 6.07) is 23.6. The van der Waals surface area contributed by atoms with Crippen LogP contribution in [0.25, 0.3) is 15.6 Å². The number of halogens is 1. The molecule has 0 bridgehead atoms. The Kier molecular flexibility index (Phi) is 5.54. The van der Waals surface area contributed by atoms with Gasteiger partial charge in [-0.1, -0.05) is 36.4 Å². The van der Waals surface area contributed by atoms with E-state index in [1.54, 1.807) is 12.1 Å². The molecule has 2 aliphatic heterocycles. The van der Waals surface area contributed by atoms with Crippen LogP contribution in [0.1, 0.15) is 34.3 Å². The summed E-state index contributed by atoms with van der Waals surface area (Å²) in [4.78, 5) is 17.6. The van der Waals surface area contributed by atoms with E-state index in [1.807, 2.05) is 18.2 Å². The van der Waals surface area contributed by atoms with E-state index in [4.69, 9.17) is 6.57 Å². The molecule has 178 valence electrons. The molecule has 0 unspecified atom stereocenters. The van der Waals surface area contributed by atoms with Crippen molar-refractivity contribution in [3.8, 4) is 0 Å². The number of carbonyl (C=O) groups excluding carboxylic acids is 1. The van der Waals surface area contributed by atoms with Gasteiger partial charge in [0.2, 0.25) is 0 Å². The lowest BCUT2D eigenvalue weighted by atomic mass is 9.96. The predicted octanol–water partition coefficient (Wildman–Crippen LogP) is 6.77. The maximum Gasteiger partial charge on any atom is 0.256 e. The fraction of sp³-hybridized carbons (Fsp3) is 0.200. The first-order valence-corrected chi connectivity index (χ1v) is 12.2. The Morgan fingerprint density at radius 3 is 2.58 bits per heavy atom. The molecular weight excluding hydrogens is 451 g/mol. The number of nitrogens with one attached hydrogen (secondary N) is 2. The van der Waals surface area contributed by atoms with Crippen molar-refractivity contribution in [3.05, 3.63) is 107 Å². The molecule has 2 heterocycles. The van der Waals surface area contributed by atoms with Crippen LogP contribution in [0.3, 0.4) is 0 Å². The highest BCUT2D eigenvalue weighted by atomic mass is 19.1. The average Bonchev–Trinajstić information content (AvgIpc) is 3.24. The van der Waals surface area contributed by atoms with Gasteiger partial charge in [-0.25, -0.2) is 9.24 Å². The zero-order chi connectivity index (χ0) is 24.6. The second kappa shape index (κ2) is 9.01. The van der Waals surface area contributed by atoms with Gasteiger partial charge in [-0.15, -0.1) is 0 Å². The molecule has 1 fully saturated rings. The molecule has 1 saturated heterocycles. The highest BCUT2D eigenvalue weighted by Crippen LogP contribution is 2.36. The van der Waals surface area contributed by atoms with Crippen LogP contribution in [0.2, 0.25) is 0 Å². The van der Waals surface area contributed by atoms with E-state index in [0.29, 0.717) is 17.4 Å². The monoisotopic (exact) mass is 476 g/mol. The fourth-order valence-corrected chi connectivity index (χ4v) is 5.37. The standard InChI is InChI=1S/C30H25FN4O/c1-32-23-10-12-28(26(31)18-23)35-15-13-22(14-16-35)33-21-8-5-19(6-9-21)17-20-7-11-27-29-24(20)3-2-4-25(29)30(36)34-27/h2-12,18,22,33H,13-17H2,(H,34,36). The molecule has 1 amide bonds. The summed E-state index contributed by atoms with van der Waals surface area (Å²) in [5.41, 5.74) is 6.05. The second-order valence-corrected chi connectivity index (χ2v) is 9.48. The summed E-state index contributed by atoms with van der Waals surface area (Å²) >= 11 is 0. The van der Waals surface area contributed by atoms with E-state index in [1.165, 1.54) is 17.2 Å². The largest absolute Gasteiger partial charge is 0.382 e. The summed E-state index contributed by atoms with van der Waals surface area (Å²) < 4.78 is 14.4. The molecule has 0 spiro atoms. The van der Waals surface area contributed by atoms with Crippen molar-refractivity contribution in [2.75, 3.05) is 28.6 Å². The Morgan fingerprint density at radius 1 is 1.03 bits per heavy atom. The molecule has 6 rings (SSSR count). The number of hydrogen-bond acceptors (Lipinski definition) is 3. The minimum atomic E-state index is -0.325. The molecule has 5 nitrogen and oxygen atoms in total. The zero-order valence-electron chi connectivity index (χ0n) is 19.7. The van der Waals surface area contributed by atoms with Crippen molar-refractivity contribution in [1.82, 2.24) is 0 Å². The molecule has 2 N–H and O–H groups in total. The summed E-state index contributed by atoms with van der Waals surface area (Å²) in [5, 5.41) is 8.72. The number of piperidine rings is 1. The fourth-order valence-electron chi connectivity index (χ4n) is 5.37. The number of benzene rings is 4. The van der Waals surface area contributed by atoms with Crippen molar-refractivity contribution < 1.29 is 9.18 Å². The third-order valence-electron chi connectivity index (χ3n) is 7.24. The van der Waals surface area contributed by atoms with Gasteiger partial charge in [0.05, 0.1) is 12.3 Å². The summed E-state index contributed by atoms with van der Waals surface area (Å²) in [7, 11) is 0. The van der Waals surface area contributed by atoms with Crippen LogP contribution >= 0.6 is 0 Å². The number of carbonyl (C=O) groups is 1. The van der Waals surface area contributed by atoms with Crippen LogP contribution in [0, 0.1) is 12.4 Å². The second-order valence-electron chi connectivity index (χ2n) is 9.48. The molecule has 0 radical (unpaired) electrons. The molecule has 0 aromatic heterocycles. The van der Waals surface area contributed by atoms with E-state index in [2.05, 4.69) is 56.8 Å². The first-order chi connectivity index (χ1) is 17.6. The Labute approximate surface area is 209 Å². The van der Waals surface area contributed by atoms with Gasteiger partial charge in [-0.2, -0.15) is 0 Å². The van der Waals surface area contributed by atoms with Gasteiger partial charge in [-0.05, 0) is 72.2 Å². The Bertz CT molecular complexity index is 1520. The number of rotatable bonds is 5. The van der Waals surface area contributed by atoms with Gasteiger partial charge in [0.25, 0.3) is 5.91 Å². The zero-order valence-corrected chi connectivity index (χ0v) is 19.7. The first-order valence-electron chi connectivity index (χ1n) is 12.2. The van der Waals surface area contributed by atoms with Crippen LogP contribution in [0.4, 0.5) is 27.1 Å². The van der Waals surface area contributed by atoms with Gasteiger partial charge < -0.3 is 15.5 Å². The molecule has 0 aliphatic carbocycles. The van der Waals surface area contributed by atoms with Crippen molar-refractivity contribution in [2.45, 2.75) is 25.3 Å². The molecule has 0 atom stereocenters. The Balaban J connectivity index is 1.10. The predicted molar refractivity (Wildman–Crippen MR) is 143 cm³/mol. The van der Waals surface area contributed by atoms with Crippen LogP contribution < -0.4 is 15.5 Å². The summed E-state index contributed by atoms with van der Waals surface area (Å²) in [6.07, 6.45) is 2.63. The van der Waals surface area contributed by atoms with Gasteiger partial charge in [-0.3, -0.25) is 4.79 Å². The molecule has 4 aromatic carbocycles.